The van der Waals surface area contributed by atoms with E-state index in [2.05, 4.69) is 14.9 Å². The number of H-pyrrole nitrogens is 1. The molecule has 0 bridgehead atoms. The van der Waals surface area contributed by atoms with E-state index in [1.165, 1.54) is 11.3 Å². The summed E-state index contributed by atoms with van der Waals surface area (Å²) in [5, 5.41) is 6.40. The van der Waals surface area contributed by atoms with E-state index in [1.807, 2.05) is 6.92 Å². The van der Waals surface area contributed by atoms with Gasteiger partial charge in [0.25, 0.3) is 10.0 Å². The van der Waals surface area contributed by atoms with Crippen LogP contribution in [0.3, 0.4) is 0 Å². The van der Waals surface area contributed by atoms with Crippen molar-refractivity contribution < 1.29 is 8.42 Å². The predicted octanol–water partition coefficient (Wildman–Crippen LogP) is 2.20. The summed E-state index contributed by atoms with van der Waals surface area (Å²) in [5.41, 5.74) is 0.762. The predicted molar refractivity (Wildman–Crippen MR) is 67.9 cm³/mol. The Morgan fingerprint density at radius 2 is 2.06 bits per heavy atom. The van der Waals surface area contributed by atoms with Crippen molar-refractivity contribution in [2.75, 3.05) is 4.72 Å². The zero-order valence-corrected chi connectivity index (χ0v) is 11.4. The molecule has 0 saturated carbocycles. The van der Waals surface area contributed by atoms with Crippen LogP contribution < -0.4 is 4.72 Å². The molecule has 0 aliphatic rings. The van der Waals surface area contributed by atoms with Gasteiger partial charge in [-0.05, 0) is 26.8 Å². The second kappa shape index (κ2) is 4.15. The van der Waals surface area contributed by atoms with Gasteiger partial charge in [0.05, 0.1) is 6.20 Å². The zero-order chi connectivity index (χ0) is 12.6. The lowest BCUT2D eigenvalue weighted by Crippen LogP contribution is -2.14. The van der Waals surface area contributed by atoms with E-state index in [9.17, 15) is 8.42 Å². The number of nitrogens with one attached hydrogen (secondary N) is 2. The van der Waals surface area contributed by atoms with E-state index in [0.29, 0.717) is 10.7 Å². The first kappa shape index (κ1) is 12.1. The van der Waals surface area contributed by atoms with Gasteiger partial charge in [-0.25, -0.2) is 8.42 Å². The number of hydrogen-bond acceptors (Lipinski definition) is 4. The third-order valence-corrected chi connectivity index (χ3v) is 4.92. The Bertz CT molecular complexity index is 640. The highest BCUT2D eigenvalue weighted by Crippen LogP contribution is 2.26. The normalized spacial score (nSPS) is 11.7. The van der Waals surface area contributed by atoms with Gasteiger partial charge in [-0.1, -0.05) is 0 Å². The van der Waals surface area contributed by atoms with E-state index in [4.69, 9.17) is 0 Å². The molecule has 2 N–H and O–H groups in total. The summed E-state index contributed by atoms with van der Waals surface area (Å²) in [5.74, 6) is 0.410. The molecule has 0 atom stereocenters. The lowest BCUT2D eigenvalue weighted by molar-refractivity contribution is 0.601. The topological polar surface area (TPSA) is 74.8 Å². The summed E-state index contributed by atoms with van der Waals surface area (Å²) in [4.78, 5) is 2.09. The number of hydrogen-bond donors (Lipinski definition) is 2. The van der Waals surface area contributed by atoms with Crippen LogP contribution >= 0.6 is 11.3 Å². The molecule has 17 heavy (non-hydrogen) atoms. The average Bonchev–Trinajstić information content (AvgIpc) is 2.74. The van der Waals surface area contributed by atoms with Gasteiger partial charge in [0, 0.05) is 15.3 Å². The van der Waals surface area contributed by atoms with E-state index in [0.717, 1.165) is 15.3 Å². The molecule has 0 radical (unpaired) electrons. The fourth-order valence-corrected chi connectivity index (χ4v) is 4.16. The van der Waals surface area contributed by atoms with Gasteiger partial charge in [0.2, 0.25) is 0 Å². The van der Waals surface area contributed by atoms with Gasteiger partial charge >= 0.3 is 0 Å². The molecule has 0 fully saturated rings. The molecule has 92 valence electrons. The van der Waals surface area contributed by atoms with Crippen LogP contribution in [0.25, 0.3) is 0 Å². The maximum Gasteiger partial charge on any atom is 0.264 e. The maximum absolute atomic E-state index is 12.1. The van der Waals surface area contributed by atoms with Crippen molar-refractivity contribution in [3.8, 4) is 0 Å². The van der Waals surface area contributed by atoms with E-state index >= 15 is 0 Å². The molecule has 5 nitrogen and oxygen atoms in total. The van der Waals surface area contributed by atoms with Crippen LogP contribution in [0.1, 0.15) is 15.3 Å². The molecule has 0 spiro atoms. The summed E-state index contributed by atoms with van der Waals surface area (Å²) >= 11 is 1.47. The van der Waals surface area contributed by atoms with Gasteiger partial charge in [-0.15, -0.1) is 11.3 Å². The second-order valence-corrected chi connectivity index (χ2v) is 6.92. The van der Waals surface area contributed by atoms with Crippen molar-refractivity contribution in [2.24, 2.45) is 0 Å². The van der Waals surface area contributed by atoms with Crippen LogP contribution in [-0.2, 0) is 10.0 Å². The molecule has 2 aromatic heterocycles. The summed E-state index contributed by atoms with van der Waals surface area (Å²) in [6, 6.07) is 1.67. The molecule has 0 saturated heterocycles. The number of aryl methyl sites for hydroxylation is 3. The SMILES string of the molecule is Cc1cc(S(=O)(=O)Nc2[nH]ncc2C)c(C)s1. The monoisotopic (exact) mass is 271 g/mol. The number of thiophene rings is 1. The van der Waals surface area contributed by atoms with Crippen LogP contribution in [0.4, 0.5) is 5.82 Å². The van der Waals surface area contributed by atoms with Gasteiger partial charge in [0.15, 0.2) is 0 Å². The fraction of sp³-hybridized carbons (Fsp3) is 0.300. The number of aromatic nitrogens is 2. The van der Waals surface area contributed by atoms with Gasteiger partial charge < -0.3 is 0 Å². The van der Waals surface area contributed by atoms with E-state index in [-0.39, 0.29) is 0 Å². The van der Waals surface area contributed by atoms with E-state index in [1.54, 1.807) is 26.1 Å². The summed E-state index contributed by atoms with van der Waals surface area (Å²) in [7, 11) is -3.53. The fourth-order valence-electron chi connectivity index (χ4n) is 1.51. The molecule has 0 aliphatic heterocycles. The van der Waals surface area contributed by atoms with Crippen LogP contribution in [0.15, 0.2) is 17.2 Å². The second-order valence-electron chi connectivity index (χ2n) is 3.81. The molecule has 2 rings (SSSR count). The molecule has 0 aliphatic carbocycles. The van der Waals surface area contributed by atoms with Crippen molar-refractivity contribution in [1.82, 2.24) is 10.2 Å². The molecule has 2 aromatic rings. The highest BCUT2D eigenvalue weighted by atomic mass is 32.2. The molecule has 0 amide bonds. The van der Waals surface area contributed by atoms with Crippen molar-refractivity contribution in [2.45, 2.75) is 25.7 Å². The first-order valence-electron chi connectivity index (χ1n) is 5.00. The first-order valence-corrected chi connectivity index (χ1v) is 7.30. The largest absolute Gasteiger partial charge is 0.264 e. The molecular weight excluding hydrogens is 258 g/mol. The highest BCUT2D eigenvalue weighted by Gasteiger charge is 2.20. The van der Waals surface area contributed by atoms with Crippen LogP contribution in [0.5, 0.6) is 0 Å². The highest BCUT2D eigenvalue weighted by molar-refractivity contribution is 7.93. The summed E-state index contributed by atoms with van der Waals surface area (Å²) < 4.78 is 26.8. The standard InChI is InChI=1S/C10H13N3O2S2/c1-6-5-11-12-10(6)13-17(14,15)9-4-7(2)16-8(9)3/h4-5H,1-3H3,(H2,11,12,13). The molecule has 7 heteroatoms. The first-order chi connectivity index (χ1) is 7.90. The lowest BCUT2D eigenvalue weighted by Gasteiger charge is -2.05. The molecular formula is C10H13N3O2S2. The Morgan fingerprint density at radius 1 is 1.35 bits per heavy atom. The van der Waals surface area contributed by atoms with Gasteiger partial charge in [-0.2, -0.15) is 5.10 Å². The van der Waals surface area contributed by atoms with Crippen molar-refractivity contribution >= 4 is 27.2 Å². The minimum absolute atomic E-state index is 0.328. The lowest BCUT2D eigenvalue weighted by atomic mass is 10.4. The third kappa shape index (κ3) is 2.34. The Kier molecular flexibility index (Phi) is 2.96. The minimum atomic E-state index is -3.53. The zero-order valence-electron chi connectivity index (χ0n) is 9.73. The van der Waals surface area contributed by atoms with Crippen molar-refractivity contribution in [3.05, 3.63) is 27.6 Å². The van der Waals surface area contributed by atoms with Crippen LogP contribution in [0, 0.1) is 20.8 Å². The van der Waals surface area contributed by atoms with Crippen molar-refractivity contribution in [1.29, 1.82) is 0 Å². The summed E-state index contributed by atoms with van der Waals surface area (Å²) in [6.45, 7) is 5.47. The van der Waals surface area contributed by atoms with Gasteiger partial charge in [0.1, 0.15) is 10.7 Å². The molecule has 0 aromatic carbocycles. The number of sulfonamides is 1. The number of rotatable bonds is 3. The maximum atomic E-state index is 12.1. The minimum Gasteiger partial charge on any atom is -0.263 e. The van der Waals surface area contributed by atoms with Gasteiger partial charge in [-0.3, -0.25) is 9.82 Å². The van der Waals surface area contributed by atoms with Crippen LogP contribution in [-0.4, -0.2) is 18.6 Å². The van der Waals surface area contributed by atoms with Crippen LogP contribution in [0.2, 0.25) is 0 Å². The number of anilines is 1. The third-order valence-electron chi connectivity index (χ3n) is 2.35. The Morgan fingerprint density at radius 3 is 2.53 bits per heavy atom. The average molecular weight is 271 g/mol. The number of nitrogens with zero attached hydrogens (tertiary/aromatic N) is 1. The Hall–Kier alpha value is -1.34. The summed E-state index contributed by atoms with van der Waals surface area (Å²) in [6.07, 6.45) is 1.57. The quantitative estimate of drug-likeness (QED) is 0.898. The number of aromatic amines is 1. The Labute approximate surface area is 104 Å². The molecule has 0 unspecified atom stereocenters. The Balaban J connectivity index is 2.38. The molecule has 2 heterocycles. The van der Waals surface area contributed by atoms with E-state index < -0.39 is 10.0 Å². The smallest absolute Gasteiger partial charge is 0.263 e. The van der Waals surface area contributed by atoms with Crippen molar-refractivity contribution in [3.63, 3.8) is 0 Å².